The number of aryl methyl sites for hydroxylation is 2. The molecule has 14 heterocycles. The van der Waals surface area contributed by atoms with E-state index in [9.17, 15) is 83.6 Å². The van der Waals surface area contributed by atoms with Crippen molar-refractivity contribution in [3.63, 3.8) is 0 Å². The number of pyridine rings is 3. The minimum Gasteiger partial charge on any atom is -0.368 e. The number of benzene rings is 6. The summed E-state index contributed by atoms with van der Waals surface area (Å²) in [6.07, 6.45) is -1.18. The molecule has 20 rings (SSSR count). The van der Waals surface area contributed by atoms with Gasteiger partial charge >= 0.3 is 6.18 Å². The van der Waals surface area contributed by atoms with Crippen molar-refractivity contribution in [3.05, 3.63) is 264 Å². The number of hydrogen-bond donors (Lipinski definition) is 0. The maximum Gasteiger partial charge on any atom is 0.433 e. The Morgan fingerprint density at radius 1 is 0.336 bits per heavy atom. The minimum atomic E-state index is -4.64. The Bertz CT molecular complexity index is 6700. The lowest BCUT2D eigenvalue weighted by Gasteiger charge is -2.42. The molecule has 46 heteroatoms. The third-order valence-corrected chi connectivity index (χ3v) is 36.8. The third-order valence-electron chi connectivity index (χ3n) is 26.9. The Labute approximate surface area is 839 Å². The summed E-state index contributed by atoms with van der Waals surface area (Å²) in [5.74, 6) is -1.94. The maximum absolute atomic E-state index is 13.3. The maximum atomic E-state index is 13.3. The number of carbonyl (C=O) groups is 5. The minimum absolute atomic E-state index is 0.00148. The molecule has 10 aliphatic heterocycles. The van der Waals surface area contributed by atoms with Crippen LogP contribution in [-0.4, -0.2) is 334 Å². The number of alkyl halides is 3. The molecule has 0 unspecified atom stereocenters. The van der Waals surface area contributed by atoms with Gasteiger partial charge in [-0.05, 0) is 129 Å². The topological polar surface area (TPSA) is 369 Å². The summed E-state index contributed by atoms with van der Waals surface area (Å²) in [5, 5.41) is 4.01. The van der Waals surface area contributed by atoms with Crippen LogP contribution in [-0.2, 0) is 80.3 Å². The normalized spacial score (nSPS) is 18.8. The van der Waals surface area contributed by atoms with Crippen LogP contribution in [0.3, 0.4) is 0 Å². The Balaban J connectivity index is 0.000000128. The van der Waals surface area contributed by atoms with Gasteiger partial charge < -0.3 is 53.5 Å². The first kappa shape index (κ1) is 104. The highest BCUT2D eigenvalue weighted by molar-refractivity contribution is 7.90. The average molecular weight is 2100 g/mol. The van der Waals surface area contributed by atoms with Gasteiger partial charge in [0.05, 0.1) is 39.5 Å². The molecule has 10 fully saturated rings. The second kappa shape index (κ2) is 44.8. The predicted molar refractivity (Wildman–Crippen MR) is 528 cm³/mol. The molecule has 10 saturated heterocycles. The van der Waals surface area contributed by atoms with Gasteiger partial charge in [-0.3, -0.25) is 29.0 Å². The zero-order valence-corrected chi connectivity index (χ0v) is 84.0. The Kier molecular flexibility index (Phi) is 32.6. The van der Waals surface area contributed by atoms with E-state index in [1.165, 1.54) is 72.1 Å². The van der Waals surface area contributed by atoms with E-state index >= 15 is 0 Å². The van der Waals surface area contributed by atoms with Crippen LogP contribution < -0.4 is 24.5 Å². The van der Waals surface area contributed by atoms with Gasteiger partial charge in [-0.25, -0.2) is 56.4 Å². The molecule has 760 valence electrons. The number of sulfonamides is 5. The van der Waals surface area contributed by atoms with Crippen molar-refractivity contribution in [2.24, 2.45) is 29.6 Å². The molecule has 35 nitrogen and oxygen atoms in total. The molecule has 5 amide bonds. The summed E-state index contributed by atoms with van der Waals surface area (Å²) >= 11 is 11.7. The van der Waals surface area contributed by atoms with Crippen molar-refractivity contribution in [2.75, 3.05) is 221 Å². The van der Waals surface area contributed by atoms with Gasteiger partial charge in [0.15, 0.2) is 10.8 Å². The first-order valence-corrected chi connectivity index (χ1v) is 54.7. The van der Waals surface area contributed by atoms with Crippen molar-refractivity contribution < 1.29 is 88.1 Å². The summed E-state index contributed by atoms with van der Waals surface area (Å²) in [5.41, 5.74) is 4.91. The van der Waals surface area contributed by atoms with Crippen molar-refractivity contribution in [1.82, 2.24) is 66.1 Å². The van der Waals surface area contributed by atoms with E-state index in [4.69, 9.17) is 27.7 Å². The van der Waals surface area contributed by atoms with Crippen LogP contribution in [0.5, 0.6) is 0 Å². The lowest BCUT2D eigenvalue weighted by molar-refractivity contribution is -0.141. The summed E-state index contributed by atoms with van der Waals surface area (Å²) in [6.45, 7) is 18.5. The highest BCUT2D eigenvalue weighted by Gasteiger charge is 2.50. The van der Waals surface area contributed by atoms with Gasteiger partial charge in [-0.15, -0.1) is 0 Å². The molecule has 10 aromatic rings. The van der Waals surface area contributed by atoms with E-state index in [1.54, 1.807) is 18.7 Å². The van der Waals surface area contributed by atoms with Gasteiger partial charge in [-0.1, -0.05) is 125 Å². The third kappa shape index (κ3) is 24.1. The number of nitrogens with zero attached hydrogens (tertiary/aromatic N) is 19. The molecular formula is C97H109Cl2F4N19O16S5. The van der Waals surface area contributed by atoms with Crippen molar-refractivity contribution in [3.8, 4) is 0 Å². The monoisotopic (exact) mass is 2100 g/mol. The molecule has 0 radical (unpaired) electrons. The Morgan fingerprint density at radius 3 is 0.944 bits per heavy atom. The van der Waals surface area contributed by atoms with Crippen LogP contribution in [0.15, 0.2) is 260 Å². The highest BCUT2D eigenvalue weighted by Crippen LogP contribution is 2.37. The van der Waals surface area contributed by atoms with E-state index in [2.05, 4.69) is 93.1 Å². The largest absolute Gasteiger partial charge is 0.433 e. The second-order valence-corrected chi connectivity index (χ2v) is 46.3. The molecule has 143 heavy (non-hydrogen) atoms. The van der Waals surface area contributed by atoms with E-state index in [1.807, 2.05) is 123 Å². The molecule has 4 aromatic heterocycles. The summed E-state index contributed by atoms with van der Waals surface area (Å²) in [4.78, 5) is 94.6. The van der Waals surface area contributed by atoms with Crippen LogP contribution in [0.1, 0.15) is 17.1 Å². The number of halogens is 6. The number of aromatic nitrogens is 4. The van der Waals surface area contributed by atoms with Crippen LogP contribution in [0.25, 0.3) is 0 Å². The Morgan fingerprint density at radius 2 is 0.657 bits per heavy atom. The smallest absolute Gasteiger partial charge is 0.368 e. The molecule has 10 aliphatic rings. The van der Waals surface area contributed by atoms with Crippen LogP contribution >= 0.6 is 23.2 Å². The van der Waals surface area contributed by atoms with E-state index in [0.717, 1.165) is 97.2 Å². The fourth-order valence-corrected chi connectivity index (χ4v) is 26.7. The van der Waals surface area contributed by atoms with Gasteiger partial charge in [-0.2, -0.15) is 34.7 Å². The zero-order valence-electron chi connectivity index (χ0n) is 78.4. The standard InChI is InChI=1S/C20H21F3N4O3S.C20H22FN3O3S.2C19H21ClN4O3S.C19H24N4O4S/c21-20(22,23)18-7-6-17(12-24-18)31(29,30)27-13-15(14-27)19(28)26-10-8-25(9-11-26)16-4-2-1-3-5-16;21-17-5-4-8-19(13-17)28(26,27)24-14-16(15-24)20(25)23-11-9-22(10-12-23)18-6-2-1-3-7-18;20-18-17(7-4-8-21-18)28(26,27)24-13-15(14-24)19(25)23-11-9-22(10-12-23)16-5-2-1-3-6-16;20-16-6-7-18(21-12-16)28(26,27)24-13-15(14-24)19(25)23-10-8-22(9-11-23)17-4-2-1-3-5-17;1-14-18(15(2)27-20-14)28(25,26)23-12-16(13-23)19(24)22-10-8-21(9-11-22)17-6-4-3-5-7-17/h1-7,12,15H,8-11,13-14H2;1-8,13,16H,9-12,14-15H2;1-8,15H,9-14H2;1-7,12,15H,8-11,13-14H2;3-7,16H,8-13H2,1-2H3. The lowest BCUT2D eigenvalue weighted by Crippen LogP contribution is -2.59. The fraction of sp³-hybridized carbons (Fsp3) is 0.392. The van der Waals surface area contributed by atoms with Crippen molar-refractivity contribution >= 4 is 131 Å². The number of para-hydroxylation sites is 5. The number of piperazine rings is 5. The quantitative estimate of drug-likeness (QED) is 0.0509. The number of carbonyl (C=O) groups excluding carboxylic acids is 5. The van der Waals surface area contributed by atoms with Gasteiger partial charge in [0, 0.05) is 243 Å². The first-order valence-electron chi connectivity index (χ1n) is 46.8. The molecule has 0 bridgehead atoms. The van der Waals surface area contributed by atoms with E-state index < -0.39 is 73.7 Å². The highest BCUT2D eigenvalue weighted by atomic mass is 35.5. The van der Waals surface area contributed by atoms with Crippen molar-refractivity contribution in [1.29, 1.82) is 0 Å². The number of anilines is 5. The van der Waals surface area contributed by atoms with Crippen LogP contribution in [0, 0.1) is 49.3 Å². The van der Waals surface area contributed by atoms with Gasteiger partial charge in [0.1, 0.15) is 37.0 Å². The van der Waals surface area contributed by atoms with Crippen LogP contribution in [0.4, 0.5) is 46.0 Å². The molecule has 0 saturated carbocycles. The summed E-state index contributed by atoms with van der Waals surface area (Å²) in [7, 11) is -18.8. The van der Waals surface area contributed by atoms with Crippen molar-refractivity contribution in [2.45, 2.75) is 44.6 Å². The van der Waals surface area contributed by atoms with E-state index in [-0.39, 0.29) is 154 Å². The fourth-order valence-electron chi connectivity index (χ4n) is 18.3. The average Bonchev–Trinajstić information content (AvgIpc) is 1.69. The SMILES string of the molecule is Cc1noc(C)c1S(=O)(=O)N1CC(C(=O)N2CCN(c3ccccc3)CC2)C1.O=C(C1CN(S(=O)(=O)c2ccc(C(F)(F)F)nc2)C1)N1CCN(c2ccccc2)CC1.O=C(C1CN(S(=O)(=O)c2ccc(Cl)cn2)C1)N1CCN(c2ccccc2)CC1.O=C(C1CN(S(=O)(=O)c2cccc(F)c2)C1)N1CCN(c2ccccc2)CC1.O=C(C1CN(S(=O)(=O)c2cccnc2Cl)C1)N1CCN(c2ccccc2)CC1. The van der Waals surface area contributed by atoms with Gasteiger partial charge in [0.25, 0.3) is 10.0 Å². The number of amides is 5. The molecule has 0 atom stereocenters. The Hall–Kier alpha value is -11.8. The molecule has 0 aliphatic carbocycles. The predicted octanol–water partition coefficient (Wildman–Crippen LogP) is 8.53. The molecular weight excluding hydrogens is 1990 g/mol. The lowest BCUT2D eigenvalue weighted by atomic mass is 10.0. The molecule has 0 N–H and O–H groups in total. The summed E-state index contributed by atoms with van der Waals surface area (Å²) in [6, 6.07) is 62.7. The van der Waals surface area contributed by atoms with Gasteiger partial charge in [0.2, 0.25) is 69.6 Å². The molecule has 0 spiro atoms. The van der Waals surface area contributed by atoms with Crippen LogP contribution in [0.2, 0.25) is 10.2 Å². The number of rotatable bonds is 20. The molecule has 6 aromatic carbocycles. The number of hydrogen-bond acceptors (Lipinski definition) is 25. The van der Waals surface area contributed by atoms with E-state index in [0.29, 0.717) is 102 Å². The first-order chi connectivity index (χ1) is 68.4. The zero-order chi connectivity index (χ0) is 101. The second-order valence-electron chi connectivity index (χ2n) is 35.9. The summed E-state index contributed by atoms with van der Waals surface area (Å²) < 4.78 is 189.